The van der Waals surface area contributed by atoms with Crippen LogP contribution in [0.1, 0.15) is 59.8 Å². The fourth-order valence-corrected chi connectivity index (χ4v) is 5.55. The molecule has 0 radical (unpaired) electrons. The lowest BCUT2D eigenvalue weighted by Crippen LogP contribution is -2.51. The summed E-state index contributed by atoms with van der Waals surface area (Å²) in [5.41, 5.74) is 0.295. The third-order valence-corrected chi connectivity index (χ3v) is 8.04. The molecule has 3 aliphatic rings. The SMILES string of the molecule is CC1(C)C(C(=O)N(C2CCCC2)C2CC(=O)N(c3ccc(Cl)cc3)C2=O)C1(C)C. The first-order valence-corrected chi connectivity index (χ1v) is 10.9. The predicted molar refractivity (Wildman–Crippen MR) is 113 cm³/mol. The summed E-state index contributed by atoms with van der Waals surface area (Å²) in [6.45, 7) is 8.46. The van der Waals surface area contributed by atoms with Crippen LogP contribution < -0.4 is 4.90 Å². The van der Waals surface area contributed by atoms with Crippen molar-refractivity contribution in [2.24, 2.45) is 16.7 Å². The molecule has 2 aliphatic carbocycles. The average Bonchev–Trinajstić information content (AvgIpc) is 3.06. The van der Waals surface area contributed by atoms with Gasteiger partial charge in [0.15, 0.2) is 0 Å². The lowest BCUT2D eigenvalue weighted by molar-refractivity contribution is -0.143. The van der Waals surface area contributed by atoms with Crippen molar-refractivity contribution in [1.29, 1.82) is 0 Å². The zero-order valence-electron chi connectivity index (χ0n) is 17.6. The number of hydrogen-bond donors (Lipinski definition) is 0. The van der Waals surface area contributed by atoms with Gasteiger partial charge in [-0.3, -0.25) is 14.4 Å². The number of rotatable bonds is 4. The molecular formula is C23H29ClN2O3. The number of halogens is 1. The monoisotopic (exact) mass is 416 g/mol. The molecule has 2 saturated carbocycles. The van der Waals surface area contributed by atoms with E-state index in [1.54, 1.807) is 29.2 Å². The predicted octanol–water partition coefficient (Wildman–Crippen LogP) is 4.43. The molecule has 6 heteroatoms. The van der Waals surface area contributed by atoms with Crippen LogP contribution in [-0.2, 0) is 14.4 Å². The van der Waals surface area contributed by atoms with Crippen LogP contribution in [0.15, 0.2) is 24.3 Å². The van der Waals surface area contributed by atoms with E-state index in [1.165, 1.54) is 4.90 Å². The maximum absolute atomic E-state index is 13.7. The molecule has 156 valence electrons. The highest BCUT2D eigenvalue weighted by molar-refractivity contribution is 6.30. The van der Waals surface area contributed by atoms with Crippen molar-refractivity contribution in [3.8, 4) is 0 Å². The Morgan fingerprint density at radius 1 is 1.03 bits per heavy atom. The van der Waals surface area contributed by atoms with Gasteiger partial charge in [-0.05, 0) is 47.9 Å². The van der Waals surface area contributed by atoms with Gasteiger partial charge < -0.3 is 4.90 Å². The van der Waals surface area contributed by atoms with Crippen LogP contribution in [0.5, 0.6) is 0 Å². The summed E-state index contributed by atoms with van der Waals surface area (Å²) < 4.78 is 0. The number of benzene rings is 1. The van der Waals surface area contributed by atoms with Crippen molar-refractivity contribution < 1.29 is 14.4 Å². The standard InChI is InChI=1S/C23H29ClN2O3/c1-22(2)19(23(22,3)4)21(29)25(15-7-5-6-8-15)17-13-18(27)26(20(17)28)16-11-9-14(24)10-12-16/h9-12,15,17,19H,5-8,13H2,1-4H3. The molecule has 1 unspecified atom stereocenters. The minimum absolute atomic E-state index is 0.0380. The molecule has 3 amide bonds. The summed E-state index contributed by atoms with van der Waals surface area (Å²) in [5.74, 6) is -0.639. The number of nitrogens with zero attached hydrogens (tertiary/aromatic N) is 2. The quantitative estimate of drug-likeness (QED) is 0.682. The van der Waals surface area contributed by atoms with E-state index in [1.807, 2.05) is 0 Å². The summed E-state index contributed by atoms with van der Waals surface area (Å²) in [4.78, 5) is 42.8. The maximum atomic E-state index is 13.7. The molecule has 0 N–H and O–H groups in total. The van der Waals surface area contributed by atoms with Crippen molar-refractivity contribution >= 4 is 35.0 Å². The van der Waals surface area contributed by atoms with E-state index in [9.17, 15) is 14.4 Å². The molecular weight excluding hydrogens is 388 g/mol. The number of carbonyl (C=O) groups excluding carboxylic acids is 3. The summed E-state index contributed by atoms with van der Waals surface area (Å²) in [6.07, 6.45) is 3.97. The van der Waals surface area contributed by atoms with Crippen molar-refractivity contribution in [3.05, 3.63) is 29.3 Å². The molecule has 0 bridgehead atoms. The second-order valence-electron chi connectivity index (χ2n) is 9.82. The molecule has 29 heavy (non-hydrogen) atoms. The highest BCUT2D eigenvalue weighted by atomic mass is 35.5. The van der Waals surface area contributed by atoms with Crippen LogP contribution in [0.3, 0.4) is 0 Å². The van der Waals surface area contributed by atoms with Gasteiger partial charge in [0.1, 0.15) is 6.04 Å². The van der Waals surface area contributed by atoms with Crippen LogP contribution in [-0.4, -0.2) is 34.7 Å². The van der Waals surface area contributed by atoms with E-state index in [-0.39, 0.29) is 46.9 Å². The first kappa shape index (κ1) is 20.4. The largest absolute Gasteiger partial charge is 0.327 e. The third-order valence-electron chi connectivity index (χ3n) is 7.78. The Balaban J connectivity index is 1.65. The van der Waals surface area contributed by atoms with Crippen LogP contribution in [0.4, 0.5) is 5.69 Å². The Kier molecular flexibility index (Phi) is 4.80. The van der Waals surface area contributed by atoms with Crippen LogP contribution in [0.25, 0.3) is 0 Å². The van der Waals surface area contributed by atoms with Gasteiger partial charge in [0.05, 0.1) is 12.1 Å². The molecule has 3 fully saturated rings. The molecule has 0 aromatic heterocycles. The average molecular weight is 417 g/mol. The molecule has 0 spiro atoms. The zero-order valence-corrected chi connectivity index (χ0v) is 18.3. The Bertz CT molecular complexity index is 841. The Hall–Kier alpha value is -1.88. The molecule has 1 aromatic carbocycles. The molecule has 1 atom stereocenters. The Morgan fingerprint density at radius 2 is 1.59 bits per heavy atom. The first-order chi connectivity index (χ1) is 13.6. The zero-order chi connectivity index (χ0) is 21.1. The van der Waals surface area contributed by atoms with Gasteiger partial charge in [-0.2, -0.15) is 0 Å². The lowest BCUT2D eigenvalue weighted by Gasteiger charge is -2.34. The number of anilines is 1. The van der Waals surface area contributed by atoms with Gasteiger partial charge in [0.25, 0.3) is 5.91 Å². The van der Waals surface area contributed by atoms with Crippen LogP contribution in [0.2, 0.25) is 5.02 Å². The highest BCUT2D eigenvalue weighted by Crippen LogP contribution is 2.69. The first-order valence-electron chi connectivity index (χ1n) is 10.5. The number of carbonyl (C=O) groups is 3. The second kappa shape index (κ2) is 6.83. The molecule has 1 saturated heterocycles. The van der Waals surface area contributed by atoms with Gasteiger partial charge >= 0.3 is 0 Å². The lowest BCUT2D eigenvalue weighted by atomic mass is 10.0. The minimum Gasteiger partial charge on any atom is -0.327 e. The summed E-state index contributed by atoms with van der Waals surface area (Å²) in [7, 11) is 0. The van der Waals surface area contributed by atoms with E-state index in [0.717, 1.165) is 25.7 Å². The van der Waals surface area contributed by atoms with E-state index >= 15 is 0 Å². The molecule has 5 nitrogen and oxygen atoms in total. The van der Waals surface area contributed by atoms with Gasteiger partial charge in [0, 0.05) is 17.0 Å². The second-order valence-corrected chi connectivity index (χ2v) is 10.3. The fraction of sp³-hybridized carbons (Fsp3) is 0.609. The summed E-state index contributed by atoms with van der Waals surface area (Å²) in [5, 5.41) is 0.547. The van der Waals surface area contributed by atoms with Gasteiger partial charge in [-0.15, -0.1) is 0 Å². The van der Waals surface area contributed by atoms with Crippen molar-refractivity contribution in [2.45, 2.75) is 71.9 Å². The smallest absolute Gasteiger partial charge is 0.257 e. The van der Waals surface area contributed by atoms with Gasteiger partial charge in [-0.1, -0.05) is 52.1 Å². The van der Waals surface area contributed by atoms with E-state index < -0.39 is 6.04 Å². The fourth-order valence-electron chi connectivity index (χ4n) is 5.43. The van der Waals surface area contributed by atoms with E-state index in [4.69, 9.17) is 11.6 Å². The molecule has 1 aromatic rings. The normalized spacial score (nSPS) is 26.2. The molecule has 4 rings (SSSR count). The Morgan fingerprint density at radius 3 is 2.10 bits per heavy atom. The number of imide groups is 1. The highest BCUT2D eigenvalue weighted by Gasteiger charge is 2.69. The van der Waals surface area contributed by atoms with Crippen molar-refractivity contribution in [2.75, 3.05) is 4.90 Å². The molecule has 1 aliphatic heterocycles. The topological polar surface area (TPSA) is 57.7 Å². The van der Waals surface area contributed by atoms with Crippen molar-refractivity contribution in [1.82, 2.24) is 4.90 Å². The van der Waals surface area contributed by atoms with Crippen LogP contribution >= 0.6 is 11.6 Å². The number of hydrogen-bond acceptors (Lipinski definition) is 3. The van der Waals surface area contributed by atoms with Gasteiger partial charge in [0.2, 0.25) is 11.8 Å². The van der Waals surface area contributed by atoms with Crippen LogP contribution in [0, 0.1) is 16.7 Å². The van der Waals surface area contributed by atoms with E-state index in [0.29, 0.717) is 10.7 Å². The third kappa shape index (κ3) is 3.09. The van der Waals surface area contributed by atoms with Crippen molar-refractivity contribution in [3.63, 3.8) is 0 Å². The number of amides is 3. The summed E-state index contributed by atoms with van der Waals surface area (Å²) in [6, 6.07) is 6.02. The summed E-state index contributed by atoms with van der Waals surface area (Å²) >= 11 is 5.95. The minimum atomic E-state index is -0.707. The Labute approximate surface area is 177 Å². The van der Waals surface area contributed by atoms with E-state index in [2.05, 4.69) is 27.7 Å². The van der Waals surface area contributed by atoms with Gasteiger partial charge in [-0.25, -0.2) is 4.90 Å². The maximum Gasteiger partial charge on any atom is 0.257 e. The molecule has 1 heterocycles.